The molecule has 0 aliphatic carbocycles. The molecule has 3 heterocycles. The largest absolute Gasteiger partial charge is 0.495 e. The van der Waals surface area contributed by atoms with E-state index in [1.165, 1.54) is 0 Å². The third kappa shape index (κ3) is 3.18. The van der Waals surface area contributed by atoms with E-state index in [2.05, 4.69) is 5.32 Å². The van der Waals surface area contributed by atoms with E-state index in [4.69, 9.17) is 13.6 Å². The SMILES string of the molecule is COc1cc2c(cc1NC(=O)C1CC(=O)N(Cc3ccco3)C1)oc1ccccc12. The molecule has 1 aliphatic rings. The summed E-state index contributed by atoms with van der Waals surface area (Å²) in [5.41, 5.74) is 1.95. The molecule has 1 saturated heterocycles. The molecule has 1 fully saturated rings. The lowest BCUT2D eigenvalue weighted by Crippen LogP contribution is -2.28. The fourth-order valence-electron chi connectivity index (χ4n) is 3.94. The lowest BCUT2D eigenvalue weighted by Gasteiger charge is -2.16. The molecule has 30 heavy (non-hydrogen) atoms. The maximum Gasteiger partial charge on any atom is 0.229 e. The minimum atomic E-state index is -0.441. The number of nitrogens with zero attached hydrogens (tertiary/aromatic N) is 1. The number of carbonyl (C=O) groups is 2. The van der Waals surface area contributed by atoms with E-state index in [0.29, 0.717) is 35.9 Å². The highest BCUT2D eigenvalue weighted by molar-refractivity contribution is 6.08. The van der Waals surface area contributed by atoms with Crippen molar-refractivity contribution in [1.82, 2.24) is 4.90 Å². The van der Waals surface area contributed by atoms with Crippen molar-refractivity contribution in [3.63, 3.8) is 0 Å². The topological polar surface area (TPSA) is 84.9 Å². The molecule has 1 atom stereocenters. The average Bonchev–Trinajstić information content (AvgIpc) is 3.47. The molecule has 4 aromatic rings. The number of rotatable bonds is 5. The number of hydrogen-bond acceptors (Lipinski definition) is 5. The number of benzene rings is 2. The maximum atomic E-state index is 12.9. The molecule has 7 heteroatoms. The lowest BCUT2D eigenvalue weighted by molar-refractivity contribution is -0.128. The van der Waals surface area contributed by atoms with Crippen LogP contribution in [0, 0.1) is 5.92 Å². The van der Waals surface area contributed by atoms with Gasteiger partial charge in [0, 0.05) is 29.8 Å². The number of carbonyl (C=O) groups excluding carboxylic acids is 2. The molecule has 2 aromatic carbocycles. The van der Waals surface area contributed by atoms with Crippen molar-refractivity contribution < 1.29 is 23.2 Å². The molecule has 152 valence electrons. The van der Waals surface area contributed by atoms with Gasteiger partial charge in [-0.05, 0) is 24.3 Å². The lowest BCUT2D eigenvalue weighted by atomic mass is 10.1. The van der Waals surface area contributed by atoms with Gasteiger partial charge in [-0.1, -0.05) is 18.2 Å². The van der Waals surface area contributed by atoms with Crippen molar-refractivity contribution >= 4 is 39.4 Å². The Morgan fingerprint density at radius 2 is 2.03 bits per heavy atom. The van der Waals surface area contributed by atoms with Gasteiger partial charge < -0.3 is 23.8 Å². The zero-order valence-corrected chi connectivity index (χ0v) is 16.4. The van der Waals surface area contributed by atoms with Crippen molar-refractivity contribution in [2.75, 3.05) is 19.0 Å². The van der Waals surface area contributed by atoms with Crippen LogP contribution >= 0.6 is 0 Å². The van der Waals surface area contributed by atoms with E-state index in [0.717, 1.165) is 16.4 Å². The molecular weight excluding hydrogens is 384 g/mol. The molecule has 0 spiro atoms. The second-order valence-electron chi connectivity index (χ2n) is 7.39. The first-order chi connectivity index (χ1) is 14.6. The zero-order chi connectivity index (χ0) is 20.7. The van der Waals surface area contributed by atoms with E-state index in [1.807, 2.05) is 36.4 Å². The van der Waals surface area contributed by atoms with Crippen LogP contribution in [-0.2, 0) is 16.1 Å². The number of likely N-dealkylation sites (tertiary alicyclic amines) is 1. The summed E-state index contributed by atoms with van der Waals surface area (Å²) in [6.45, 7) is 0.713. The van der Waals surface area contributed by atoms with Gasteiger partial charge >= 0.3 is 0 Å². The standard InChI is InChI=1S/C23H20N2O5/c1-28-21-10-17-16-6-2-3-7-19(16)30-20(17)11-18(21)24-23(27)14-9-22(26)25(12-14)13-15-5-4-8-29-15/h2-8,10-11,14H,9,12-13H2,1H3,(H,24,27). The van der Waals surface area contributed by atoms with Crippen LogP contribution in [0.3, 0.4) is 0 Å². The van der Waals surface area contributed by atoms with E-state index < -0.39 is 5.92 Å². The van der Waals surface area contributed by atoms with Crippen molar-refractivity contribution in [3.05, 3.63) is 60.6 Å². The van der Waals surface area contributed by atoms with Crippen LogP contribution in [0.5, 0.6) is 5.75 Å². The van der Waals surface area contributed by atoms with Gasteiger partial charge in [-0.2, -0.15) is 0 Å². The summed E-state index contributed by atoms with van der Waals surface area (Å²) in [7, 11) is 1.56. The fraction of sp³-hybridized carbons (Fsp3) is 0.217. The normalized spacial score (nSPS) is 16.5. The summed E-state index contributed by atoms with van der Waals surface area (Å²) in [5.74, 6) is 0.509. The van der Waals surface area contributed by atoms with Crippen molar-refractivity contribution in [2.24, 2.45) is 5.92 Å². The zero-order valence-electron chi connectivity index (χ0n) is 16.4. The first-order valence-corrected chi connectivity index (χ1v) is 9.72. The molecule has 1 N–H and O–H groups in total. The van der Waals surface area contributed by atoms with Gasteiger partial charge in [0.05, 0.1) is 31.5 Å². The number of nitrogens with one attached hydrogen (secondary N) is 1. The summed E-state index contributed by atoms with van der Waals surface area (Å²) < 4.78 is 16.7. The first-order valence-electron chi connectivity index (χ1n) is 9.72. The third-order valence-corrected chi connectivity index (χ3v) is 5.47. The Hall–Kier alpha value is -3.74. The van der Waals surface area contributed by atoms with E-state index in [1.54, 1.807) is 30.4 Å². The number of fused-ring (bicyclic) bond motifs is 3. The van der Waals surface area contributed by atoms with Crippen LogP contribution in [0.15, 0.2) is 63.6 Å². The number of amides is 2. The van der Waals surface area contributed by atoms with E-state index >= 15 is 0 Å². The van der Waals surface area contributed by atoms with Gasteiger partial charge in [0.1, 0.15) is 22.7 Å². The highest BCUT2D eigenvalue weighted by Gasteiger charge is 2.35. The van der Waals surface area contributed by atoms with E-state index in [9.17, 15) is 9.59 Å². The van der Waals surface area contributed by atoms with Crippen LogP contribution in [0.2, 0.25) is 0 Å². The average molecular weight is 404 g/mol. The highest BCUT2D eigenvalue weighted by atomic mass is 16.5. The molecule has 5 rings (SSSR count). The van der Waals surface area contributed by atoms with Crippen LogP contribution in [0.25, 0.3) is 21.9 Å². The van der Waals surface area contributed by atoms with Gasteiger partial charge in [0.2, 0.25) is 11.8 Å². The smallest absolute Gasteiger partial charge is 0.229 e. The molecule has 0 saturated carbocycles. The number of ether oxygens (including phenoxy) is 1. The summed E-state index contributed by atoms with van der Waals surface area (Å²) >= 11 is 0. The molecule has 1 unspecified atom stereocenters. The summed E-state index contributed by atoms with van der Waals surface area (Å²) in [6, 6.07) is 15.0. The third-order valence-electron chi connectivity index (χ3n) is 5.47. The summed E-state index contributed by atoms with van der Waals surface area (Å²) in [4.78, 5) is 26.9. The number of furan rings is 2. The Morgan fingerprint density at radius 3 is 2.83 bits per heavy atom. The Balaban J connectivity index is 1.37. The quantitative estimate of drug-likeness (QED) is 0.540. The van der Waals surface area contributed by atoms with Gasteiger partial charge in [-0.15, -0.1) is 0 Å². The Labute approximate surface area is 172 Å². The first kappa shape index (κ1) is 18.3. The molecule has 0 bridgehead atoms. The minimum Gasteiger partial charge on any atom is -0.495 e. The van der Waals surface area contributed by atoms with Crippen molar-refractivity contribution in [3.8, 4) is 5.75 Å². The van der Waals surface area contributed by atoms with Crippen molar-refractivity contribution in [2.45, 2.75) is 13.0 Å². The Kier molecular flexibility index (Phi) is 4.43. The molecule has 1 aliphatic heterocycles. The van der Waals surface area contributed by atoms with Gasteiger partial charge in [-0.25, -0.2) is 0 Å². The van der Waals surface area contributed by atoms with Gasteiger partial charge in [-0.3, -0.25) is 9.59 Å². The molecule has 2 aromatic heterocycles. The predicted octanol–water partition coefficient (Wildman–Crippen LogP) is 4.17. The number of methoxy groups -OCH3 is 1. The van der Waals surface area contributed by atoms with Crippen LogP contribution in [0.4, 0.5) is 5.69 Å². The second kappa shape index (κ2) is 7.26. The van der Waals surface area contributed by atoms with Crippen molar-refractivity contribution in [1.29, 1.82) is 0 Å². The van der Waals surface area contributed by atoms with Crippen LogP contribution < -0.4 is 10.1 Å². The monoisotopic (exact) mass is 404 g/mol. The molecule has 0 radical (unpaired) electrons. The van der Waals surface area contributed by atoms with Crippen LogP contribution in [0.1, 0.15) is 12.2 Å². The summed E-state index contributed by atoms with van der Waals surface area (Å²) in [6.07, 6.45) is 1.74. The highest BCUT2D eigenvalue weighted by Crippen LogP contribution is 2.36. The van der Waals surface area contributed by atoms with E-state index in [-0.39, 0.29) is 18.2 Å². The fourth-order valence-corrected chi connectivity index (χ4v) is 3.94. The second-order valence-corrected chi connectivity index (χ2v) is 7.39. The molecule has 7 nitrogen and oxygen atoms in total. The molecule has 2 amide bonds. The Morgan fingerprint density at radius 1 is 1.17 bits per heavy atom. The van der Waals surface area contributed by atoms with Crippen LogP contribution in [-0.4, -0.2) is 30.4 Å². The maximum absolute atomic E-state index is 12.9. The molecular formula is C23H20N2O5. The number of hydrogen-bond donors (Lipinski definition) is 1. The Bertz CT molecular complexity index is 1240. The van der Waals surface area contributed by atoms with Gasteiger partial charge in [0.25, 0.3) is 0 Å². The summed E-state index contributed by atoms with van der Waals surface area (Å²) in [5, 5.41) is 4.82. The number of anilines is 1. The van der Waals surface area contributed by atoms with Gasteiger partial charge in [0.15, 0.2) is 0 Å². The predicted molar refractivity (Wildman–Crippen MR) is 111 cm³/mol. The minimum absolute atomic E-state index is 0.0637. The number of para-hydroxylation sites is 1.